The van der Waals surface area contributed by atoms with E-state index in [-0.39, 0.29) is 0 Å². The number of halogens is 1. The van der Waals surface area contributed by atoms with Crippen LogP contribution in [0.4, 0.5) is 5.82 Å². The molecule has 1 aromatic heterocycles. The molecule has 0 radical (unpaired) electrons. The van der Waals surface area contributed by atoms with E-state index >= 15 is 0 Å². The van der Waals surface area contributed by atoms with Crippen LogP contribution < -0.4 is 10.6 Å². The van der Waals surface area contributed by atoms with Crippen molar-refractivity contribution in [1.82, 2.24) is 15.3 Å². The monoisotopic (exact) mass is 226 g/mol. The van der Waals surface area contributed by atoms with Crippen molar-refractivity contribution in [2.45, 2.75) is 12.8 Å². The van der Waals surface area contributed by atoms with Crippen molar-refractivity contribution in [1.29, 1.82) is 0 Å². The Labute approximate surface area is 94.5 Å². The van der Waals surface area contributed by atoms with Crippen molar-refractivity contribution in [3.63, 3.8) is 0 Å². The molecule has 1 fully saturated rings. The number of aromatic nitrogens is 2. The lowest BCUT2D eigenvalue weighted by Gasteiger charge is -2.22. The van der Waals surface area contributed by atoms with Crippen LogP contribution in [0.2, 0.25) is 5.15 Å². The zero-order valence-electron chi connectivity index (χ0n) is 8.54. The van der Waals surface area contributed by atoms with Crippen LogP contribution in [-0.4, -0.2) is 29.6 Å². The minimum atomic E-state index is 0.481. The van der Waals surface area contributed by atoms with E-state index in [9.17, 15) is 0 Å². The lowest BCUT2D eigenvalue weighted by molar-refractivity contribution is 0.392. The highest BCUT2D eigenvalue weighted by molar-refractivity contribution is 6.29. The van der Waals surface area contributed by atoms with E-state index < -0.39 is 0 Å². The Kier molecular flexibility index (Phi) is 3.75. The molecule has 1 aliphatic heterocycles. The number of anilines is 1. The average Bonchev–Trinajstić information content (AvgIpc) is 2.28. The van der Waals surface area contributed by atoms with E-state index in [0.717, 1.165) is 25.5 Å². The molecule has 0 spiro atoms. The van der Waals surface area contributed by atoms with Gasteiger partial charge < -0.3 is 10.6 Å². The van der Waals surface area contributed by atoms with E-state index in [2.05, 4.69) is 20.6 Å². The highest BCUT2D eigenvalue weighted by atomic mass is 35.5. The summed E-state index contributed by atoms with van der Waals surface area (Å²) in [6.07, 6.45) is 4.01. The average molecular weight is 227 g/mol. The first-order chi connectivity index (χ1) is 7.34. The third kappa shape index (κ3) is 3.32. The van der Waals surface area contributed by atoms with Gasteiger partial charge in [0.05, 0.1) is 0 Å². The van der Waals surface area contributed by atoms with Crippen LogP contribution in [0.5, 0.6) is 0 Å². The minimum absolute atomic E-state index is 0.481. The summed E-state index contributed by atoms with van der Waals surface area (Å²) in [5.74, 6) is 1.49. The van der Waals surface area contributed by atoms with Crippen molar-refractivity contribution in [3.05, 3.63) is 17.5 Å². The molecule has 0 saturated carbocycles. The number of hydrogen-bond donors (Lipinski definition) is 2. The Bertz CT molecular complexity index is 312. The van der Waals surface area contributed by atoms with Crippen LogP contribution in [0.25, 0.3) is 0 Å². The number of rotatable bonds is 3. The van der Waals surface area contributed by atoms with Gasteiger partial charge in [-0.3, -0.25) is 0 Å². The fourth-order valence-corrected chi connectivity index (χ4v) is 1.92. The maximum atomic E-state index is 5.76. The number of piperidine rings is 1. The summed E-state index contributed by atoms with van der Waals surface area (Å²) in [5.41, 5.74) is 0. The summed E-state index contributed by atoms with van der Waals surface area (Å²) in [4.78, 5) is 7.93. The molecule has 0 bridgehead atoms. The molecule has 0 amide bonds. The molecular weight excluding hydrogens is 212 g/mol. The van der Waals surface area contributed by atoms with E-state index in [0.29, 0.717) is 11.1 Å². The smallest absolute Gasteiger partial charge is 0.134 e. The molecule has 0 unspecified atom stereocenters. The van der Waals surface area contributed by atoms with Gasteiger partial charge in [-0.2, -0.15) is 0 Å². The van der Waals surface area contributed by atoms with Crippen LogP contribution in [0.1, 0.15) is 12.8 Å². The Hall–Kier alpha value is -0.870. The lowest BCUT2D eigenvalue weighted by Crippen LogP contribution is -2.33. The standard InChI is InChI=1S/C10H15ClN4/c11-9-4-10(15-7-14-9)13-6-8-2-1-3-12-5-8/h4,7-8,12H,1-3,5-6H2,(H,13,14,15)/t8-/m0/s1. The first-order valence-corrected chi connectivity index (χ1v) is 5.64. The summed E-state index contributed by atoms with van der Waals surface area (Å²) in [6.45, 7) is 3.18. The fraction of sp³-hybridized carbons (Fsp3) is 0.600. The number of hydrogen-bond acceptors (Lipinski definition) is 4. The molecule has 82 valence electrons. The van der Waals surface area contributed by atoms with Crippen molar-refractivity contribution in [2.75, 3.05) is 25.0 Å². The van der Waals surface area contributed by atoms with Crippen LogP contribution in [0, 0.1) is 5.92 Å². The highest BCUT2D eigenvalue weighted by Gasteiger charge is 2.12. The molecule has 5 heteroatoms. The van der Waals surface area contributed by atoms with Crippen molar-refractivity contribution < 1.29 is 0 Å². The van der Waals surface area contributed by atoms with Crippen LogP contribution in [0.15, 0.2) is 12.4 Å². The van der Waals surface area contributed by atoms with Gasteiger partial charge in [0.25, 0.3) is 0 Å². The second-order valence-electron chi connectivity index (χ2n) is 3.82. The quantitative estimate of drug-likeness (QED) is 0.768. The van der Waals surface area contributed by atoms with E-state index in [1.165, 1.54) is 19.2 Å². The topological polar surface area (TPSA) is 49.8 Å². The normalized spacial score (nSPS) is 21.3. The predicted molar refractivity (Wildman–Crippen MR) is 61.1 cm³/mol. The van der Waals surface area contributed by atoms with Gasteiger partial charge in [-0.1, -0.05) is 11.6 Å². The van der Waals surface area contributed by atoms with Crippen LogP contribution >= 0.6 is 11.6 Å². The minimum Gasteiger partial charge on any atom is -0.370 e. The SMILES string of the molecule is Clc1cc(NC[C@H]2CCCNC2)ncn1. The van der Waals surface area contributed by atoms with Gasteiger partial charge in [-0.25, -0.2) is 9.97 Å². The number of nitrogens with zero attached hydrogens (tertiary/aromatic N) is 2. The second kappa shape index (κ2) is 5.28. The lowest BCUT2D eigenvalue weighted by atomic mass is 10.00. The van der Waals surface area contributed by atoms with E-state index in [1.54, 1.807) is 6.07 Å². The largest absolute Gasteiger partial charge is 0.370 e. The number of nitrogens with one attached hydrogen (secondary N) is 2. The predicted octanol–water partition coefficient (Wildman–Crippen LogP) is 1.54. The molecule has 15 heavy (non-hydrogen) atoms. The van der Waals surface area contributed by atoms with Gasteiger partial charge in [0.15, 0.2) is 0 Å². The molecule has 2 rings (SSSR count). The first-order valence-electron chi connectivity index (χ1n) is 5.27. The summed E-state index contributed by atoms with van der Waals surface area (Å²) in [5, 5.41) is 7.14. The molecule has 4 nitrogen and oxygen atoms in total. The maximum absolute atomic E-state index is 5.76. The van der Waals surface area contributed by atoms with Crippen molar-refractivity contribution in [2.24, 2.45) is 5.92 Å². The zero-order chi connectivity index (χ0) is 10.5. The Morgan fingerprint density at radius 1 is 1.53 bits per heavy atom. The fourth-order valence-electron chi connectivity index (χ4n) is 1.78. The molecule has 0 aromatic carbocycles. The summed E-state index contributed by atoms with van der Waals surface area (Å²) >= 11 is 5.76. The third-order valence-electron chi connectivity index (χ3n) is 2.60. The summed E-state index contributed by atoms with van der Waals surface area (Å²) in [7, 11) is 0. The Morgan fingerprint density at radius 2 is 2.47 bits per heavy atom. The molecule has 1 atom stereocenters. The van der Waals surface area contributed by atoms with Gasteiger partial charge in [-0.05, 0) is 31.8 Å². The molecule has 1 aromatic rings. The molecule has 0 aliphatic carbocycles. The molecule has 2 N–H and O–H groups in total. The molecule has 1 aliphatic rings. The Morgan fingerprint density at radius 3 is 3.20 bits per heavy atom. The van der Waals surface area contributed by atoms with E-state index in [4.69, 9.17) is 11.6 Å². The van der Waals surface area contributed by atoms with Gasteiger partial charge in [-0.15, -0.1) is 0 Å². The van der Waals surface area contributed by atoms with Gasteiger partial charge >= 0.3 is 0 Å². The van der Waals surface area contributed by atoms with Crippen LogP contribution in [-0.2, 0) is 0 Å². The van der Waals surface area contributed by atoms with Gasteiger partial charge in [0, 0.05) is 12.6 Å². The first kappa shape index (κ1) is 10.6. The van der Waals surface area contributed by atoms with Crippen molar-refractivity contribution >= 4 is 17.4 Å². The zero-order valence-corrected chi connectivity index (χ0v) is 9.30. The van der Waals surface area contributed by atoms with Crippen LogP contribution in [0.3, 0.4) is 0 Å². The highest BCUT2D eigenvalue weighted by Crippen LogP contribution is 2.12. The third-order valence-corrected chi connectivity index (χ3v) is 2.81. The summed E-state index contributed by atoms with van der Waals surface area (Å²) < 4.78 is 0. The molecular formula is C10H15ClN4. The molecule has 1 saturated heterocycles. The van der Waals surface area contributed by atoms with Gasteiger partial charge in [0.2, 0.25) is 0 Å². The van der Waals surface area contributed by atoms with Crippen molar-refractivity contribution in [3.8, 4) is 0 Å². The second-order valence-corrected chi connectivity index (χ2v) is 4.21. The maximum Gasteiger partial charge on any atom is 0.134 e. The Balaban J connectivity index is 1.81. The van der Waals surface area contributed by atoms with E-state index in [1.807, 2.05) is 0 Å². The van der Waals surface area contributed by atoms with Gasteiger partial charge in [0.1, 0.15) is 17.3 Å². The molecule has 2 heterocycles. The summed E-state index contributed by atoms with van der Waals surface area (Å²) in [6, 6.07) is 1.75.